The molecule has 6 heteroatoms. The first-order valence-electron chi connectivity index (χ1n) is 10.8. The zero-order chi connectivity index (χ0) is 22.3. The Morgan fingerprint density at radius 3 is 2.07 bits per heavy atom. The number of nitrogens with zero attached hydrogens (tertiary/aromatic N) is 2. The summed E-state index contributed by atoms with van der Waals surface area (Å²) in [4.78, 5) is 17.1. The first kappa shape index (κ1) is 22.9. The van der Waals surface area contributed by atoms with Gasteiger partial charge in [0.25, 0.3) is 5.91 Å². The Morgan fingerprint density at radius 1 is 1.03 bits per heavy atom. The van der Waals surface area contributed by atoms with E-state index >= 15 is 0 Å². The third-order valence-electron chi connectivity index (χ3n) is 5.77. The van der Waals surface area contributed by atoms with Crippen molar-refractivity contribution < 1.29 is 15.1 Å². The van der Waals surface area contributed by atoms with Crippen molar-refractivity contribution in [2.45, 2.75) is 90.5 Å². The molecule has 0 spiro atoms. The van der Waals surface area contributed by atoms with Crippen LogP contribution in [0.25, 0.3) is 6.08 Å². The first-order chi connectivity index (χ1) is 13.9. The molecule has 0 bridgehead atoms. The normalized spacial score (nSPS) is 20.0. The molecule has 1 saturated carbocycles. The van der Waals surface area contributed by atoms with Gasteiger partial charge in [-0.1, -0.05) is 60.8 Å². The molecule has 2 N–H and O–H groups in total. The van der Waals surface area contributed by atoms with Crippen LogP contribution in [0.15, 0.2) is 22.0 Å². The summed E-state index contributed by atoms with van der Waals surface area (Å²) in [5.41, 5.74) is 2.08. The molecule has 0 unspecified atom stereocenters. The van der Waals surface area contributed by atoms with Gasteiger partial charge < -0.3 is 5.11 Å². The summed E-state index contributed by atoms with van der Waals surface area (Å²) in [6.45, 7) is 12.4. The van der Waals surface area contributed by atoms with Gasteiger partial charge in [-0.2, -0.15) is 4.99 Å². The lowest BCUT2D eigenvalue weighted by Gasteiger charge is -2.29. The largest absolute Gasteiger partial charge is 0.507 e. The van der Waals surface area contributed by atoms with E-state index < -0.39 is 0 Å². The minimum absolute atomic E-state index is 0.0332. The molecule has 164 valence electrons. The van der Waals surface area contributed by atoms with Crippen LogP contribution < -0.4 is 0 Å². The molecule has 1 heterocycles. The minimum Gasteiger partial charge on any atom is -0.507 e. The quantitative estimate of drug-likeness (QED) is 0.446. The molecule has 0 radical (unpaired) electrons. The fraction of sp³-hybridized carbons (Fsp3) is 0.583. The average molecular weight is 431 g/mol. The highest BCUT2D eigenvalue weighted by atomic mass is 32.2. The Balaban J connectivity index is 1.92. The van der Waals surface area contributed by atoms with Crippen LogP contribution in [0.2, 0.25) is 0 Å². The predicted molar refractivity (Wildman–Crippen MR) is 124 cm³/mol. The number of amides is 1. The van der Waals surface area contributed by atoms with E-state index in [2.05, 4.69) is 46.5 Å². The molecule has 0 aromatic heterocycles. The number of hydrogen-bond acceptors (Lipinski definition) is 5. The monoisotopic (exact) mass is 430 g/mol. The summed E-state index contributed by atoms with van der Waals surface area (Å²) in [6.07, 6.45) is 7.05. The van der Waals surface area contributed by atoms with Crippen LogP contribution in [0.1, 0.15) is 90.3 Å². The van der Waals surface area contributed by atoms with Crippen molar-refractivity contribution in [3.05, 3.63) is 33.7 Å². The van der Waals surface area contributed by atoms with E-state index in [9.17, 15) is 15.1 Å². The number of carbonyl (C=O) groups is 1. The number of rotatable bonds is 2. The number of benzene rings is 1. The summed E-state index contributed by atoms with van der Waals surface area (Å²) in [7, 11) is 0. The maximum Gasteiger partial charge on any atom is 0.286 e. The lowest BCUT2D eigenvalue weighted by Crippen LogP contribution is -2.36. The van der Waals surface area contributed by atoms with E-state index in [1.54, 1.807) is 0 Å². The molecule has 1 aliphatic heterocycles. The molecular weight excluding hydrogens is 396 g/mol. The lowest BCUT2D eigenvalue weighted by molar-refractivity contribution is -0.113. The number of thioether (sulfide) groups is 1. The van der Waals surface area contributed by atoms with Gasteiger partial charge in [-0.3, -0.25) is 10.0 Å². The number of amidine groups is 1. The predicted octanol–water partition coefficient (Wildman–Crippen LogP) is 5.98. The average Bonchev–Trinajstić information content (AvgIpc) is 3.01. The molecule has 1 aromatic rings. The zero-order valence-electron chi connectivity index (χ0n) is 19.0. The van der Waals surface area contributed by atoms with Gasteiger partial charge in [0, 0.05) is 11.1 Å². The van der Waals surface area contributed by atoms with Crippen LogP contribution in [0, 0.1) is 0 Å². The number of aromatic hydroxyl groups is 1. The second-order valence-electron chi connectivity index (χ2n) is 10.4. The van der Waals surface area contributed by atoms with Crippen molar-refractivity contribution >= 4 is 28.9 Å². The standard InChI is InChI=1S/C24H34N2O3S/c1-23(2,3)17-12-15(13-18(20(17)27)24(4,5)6)14-19-21(28)25-22(30-19)26(29)16-10-8-7-9-11-16/h12-14,16,27,29H,7-11H2,1-6H3/b19-14+. The summed E-state index contributed by atoms with van der Waals surface area (Å²) in [5.74, 6) is -0.00845. The second kappa shape index (κ2) is 8.39. The second-order valence-corrected chi connectivity index (χ2v) is 11.4. The van der Waals surface area contributed by atoms with Crippen LogP contribution in [0.4, 0.5) is 0 Å². The van der Waals surface area contributed by atoms with E-state index in [1.165, 1.54) is 23.2 Å². The molecule has 2 aliphatic rings. The van der Waals surface area contributed by atoms with Crippen LogP contribution in [-0.2, 0) is 15.6 Å². The van der Waals surface area contributed by atoms with Crippen LogP contribution in [0.5, 0.6) is 5.75 Å². The van der Waals surface area contributed by atoms with Gasteiger partial charge in [-0.15, -0.1) is 0 Å². The molecule has 3 rings (SSSR count). The summed E-state index contributed by atoms with van der Waals surface area (Å²) in [6, 6.07) is 3.92. The molecule has 1 fully saturated rings. The van der Waals surface area contributed by atoms with Crippen molar-refractivity contribution in [3.8, 4) is 5.75 Å². The highest BCUT2D eigenvalue weighted by molar-refractivity contribution is 8.18. The van der Waals surface area contributed by atoms with E-state index in [1.807, 2.05) is 18.2 Å². The smallest absolute Gasteiger partial charge is 0.286 e. The van der Waals surface area contributed by atoms with Crippen LogP contribution in [0.3, 0.4) is 0 Å². The molecule has 1 aliphatic carbocycles. The number of hydrogen-bond donors (Lipinski definition) is 2. The first-order valence-corrected chi connectivity index (χ1v) is 11.6. The topological polar surface area (TPSA) is 73.1 Å². The van der Waals surface area contributed by atoms with Crippen molar-refractivity contribution in [1.82, 2.24) is 5.06 Å². The number of phenolic OH excluding ortho intramolecular Hbond substituents is 1. The van der Waals surface area contributed by atoms with E-state index in [0.717, 1.165) is 42.4 Å². The maximum absolute atomic E-state index is 12.5. The van der Waals surface area contributed by atoms with Gasteiger partial charge in [0.2, 0.25) is 0 Å². The molecule has 5 nitrogen and oxygen atoms in total. The van der Waals surface area contributed by atoms with E-state index in [0.29, 0.717) is 15.8 Å². The summed E-state index contributed by atoms with van der Waals surface area (Å²) < 4.78 is 0. The van der Waals surface area contributed by atoms with Crippen molar-refractivity contribution in [2.24, 2.45) is 4.99 Å². The van der Waals surface area contributed by atoms with Gasteiger partial charge in [0.15, 0.2) is 5.17 Å². The van der Waals surface area contributed by atoms with Gasteiger partial charge in [0.05, 0.1) is 10.9 Å². The Bertz CT molecular complexity index is 850. The molecular formula is C24H34N2O3S. The molecule has 1 aromatic carbocycles. The Labute approximate surface area is 184 Å². The van der Waals surface area contributed by atoms with Crippen molar-refractivity contribution in [1.29, 1.82) is 0 Å². The summed E-state index contributed by atoms with van der Waals surface area (Å²) >= 11 is 1.22. The maximum atomic E-state index is 12.5. The fourth-order valence-corrected chi connectivity index (χ4v) is 4.91. The number of aliphatic imine (C=N–C) groups is 1. The van der Waals surface area contributed by atoms with E-state index in [-0.39, 0.29) is 22.8 Å². The number of hydroxylamine groups is 2. The zero-order valence-corrected chi connectivity index (χ0v) is 19.8. The lowest BCUT2D eigenvalue weighted by atomic mass is 9.78. The van der Waals surface area contributed by atoms with Gasteiger partial charge in [0.1, 0.15) is 5.75 Å². The van der Waals surface area contributed by atoms with Gasteiger partial charge >= 0.3 is 0 Å². The molecule has 0 saturated heterocycles. The van der Waals surface area contributed by atoms with Crippen LogP contribution in [-0.4, -0.2) is 32.5 Å². The van der Waals surface area contributed by atoms with E-state index in [4.69, 9.17) is 0 Å². The van der Waals surface area contributed by atoms with Crippen LogP contribution >= 0.6 is 11.8 Å². The number of phenols is 1. The number of carbonyl (C=O) groups excluding carboxylic acids is 1. The highest BCUT2D eigenvalue weighted by Crippen LogP contribution is 2.41. The Kier molecular flexibility index (Phi) is 6.40. The molecule has 1 amide bonds. The van der Waals surface area contributed by atoms with Gasteiger partial charge in [-0.05, 0) is 59.2 Å². The SMILES string of the molecule is CC(C)(C)c1cc(/C=C2/SC(N(O)C3CCCCC3)=NC2=O)cc(C(C)(C)C)c1O. The fourth-order valence-electron chi connectivity index (χ4n) is 4.01. The molecule has 0 atom stereocenters. The third kappa shape index (κ3) is 4.92. The third-order valence-corrected chi connectivity index (χ3v) is 6.75. The minimum atomic E-state index is -0.326. The summed E-state index contributed by atoms with van der Waals surface area (Å²) in [5, 5.41) is 23.0. The van der Waals surface area contributed by atoms with Crippen molar-refractivity contribution in [3.63, 3.8) is 0 Å². The Morgan fingerprint density at radius 2 is 1.57 bits per heavy atom. The highest BCUT2D eigenvalue weighted by Gasteiger charge is 2.31. The van der Waals surface area contributed by atoms with Crippen molar-refractivity contribution in [2.75, 3.05) is 0 Å². The van der Waals surface area contributed by atoms with Gasteiger partial charge in [-0.25, -0.2) is 5.06 Å². The Hall–Kier alpha value is -1.79. The molecule has 30 heavy (non-hydrogen) atoms.